The van der Waals surface area contributed by atoms with Gasteiger partial charge in [0.1, 0.15) is 12.0 Å². The molecule has 0 saturated carbocycles. The van der Waals surface area contributed by atoms with Crippen molar-refractivity contribution in [3.8, 4) is 0 Å². The van der Waals surface area contributed by atoms with E-state index < -0.39 is 16.4 Å². The molecule has 0 aliphatic heterocycles. The molecular weight excluding hydrogens is 264 g/mol. The molecule has 0 aliphatic rings. The number of rotatable bonds is 6. The Hall–Kier alpha value is -2.22. The van der Waals surface area contributed by atoms with E-state index in [9.17, 15) is 14.9 Å². The molecule has 2 N–H and O–H groups in total. The molecule has 0 saturated heterocycles. The predicted octanol–water partition coefficient (Wildman–Crippen LogP) is 1.19. The van der Waals surface area contributed by atoms with Crippen molar-refractivity contribution < 1.29 is 14.5 Å². The molecule has 0 unspecified atom stereocenters. The second-order valence-electron chi connectivity index (χ2n) is 4.87. The molecule has 110 valence electrons. The van der Waals surface area contributed by atoms with Gasteiger partial charge in [-0.2, -0.15) is 0 Å². The van der Waals surface area contributed by atoms with E-state index >= 15 is 0 Å². The summed E-state index contributed by atoms with van der Waals surface area (Å²) in [5.74, 6) is -0.172. The first-order valence-corrected chi connectivity index (χ1v) is 5.94. The van der Waals surface area contributed by atoms with Crippen LogP contribution in [0.15, 0.2) is 12.3 Å². The van der Waals surface area contributed by atoms with E-state index in [4.69, 9.17) is 4.74 Å². The minimum absolute atomic E-state index is 0.117. The van der Waals surface area contributed by atoms with Crippen LogP contribution in [0.3, 0.4) is 0 Å². The van der Waals surface area contributed by atoms with Crippen molar-refractivity contribution in [1.29, 1.82) is 0 Å². The fraction of sp³-hybridized carbons (Fsp3) is 0.500. The number of hydrogen-bond donors (Lipinski definition) is 2. The maximum absolute atomic E-state index is 12.2. The van der Waals surface area contributed by atoms with Crippen LogP contribution in [0.25, 0.3) is 0 Å². The monoisotopic (exact) mass is 282 g/mol. The molecule has 1 heterocycles. The van der Waals surface area contributed by atoms with Crippen LogP contribution in [0, 0.1) is 10.1 Å². The Morgan fingerprint density at radius 1 is 1.55 bits per heavy atom. The molecule has 20 heavy (non-hydrogen) atoms. The van der Waals surface area contributed by atoms with Crippen molar-refractivity contribution in [3.05, 3.63) is 27.9 Å². The highest BCUT2D eigenvalue weighted by Gasteiger charge is 2.24. The van der Waals surface area contributed by atoms with E-state index in [0.717, 1.165) is 6.20 Å². The van der Waals surface area contributed by atoms with E-state index in [-0.39, 0.29) is 17.1 Å². The van der Waals surface area contributed by atoms with Gasteiger partial charge in [0.2, 0.25) is 0 Å². The van der Waals surface area contributed by atoms with Gasteiger partial charge in [0.25, 0.3) is 11.6 Å². The number of carbonyl (C=O) groups is 1. The summed E-state index contributed by atoms with van der Waals surface area (Å²) in [6.45, 7) is 3.90. The molecule has 0 radical (unpaired) electrons. The first kappa shape index (κ1) is 15.8. The second kappa shape index (κ2) is 6.29. The lowest BCUT2D eigenvalue weighted by molar-refractivity contribution is -0.385. The standard InChI is InChI=1S/C12H18N4O4/c1-12(2,7-20-4)15-11(17)9-5-8(16(18)19)6-14-10(9)13-3/h5-6H,7H2,1-4H3,(H,13,14)(H,15,17). The second-order valence-corrected chi connectivity index (χ2v) is 4.87. The van der Waals surface area contributed by atoms with Gasteiger partial charge in [-0.25, -0.2) is 4.98 Å². The van der Waals surface area contributed by atoms with Crippen LogP contribution in [-0.2, 0) is 4.74 Å². The molecule has 0 aliphatic carbocycles. The van der Waals surface area contributed by atoms with Crippen molar-refractivity contribution in [2.24, 2.45) is 0 Å². The van der Waals surface area contributed by atoms with Crippen LogP contribution < -0.4 is 10.6 Å². The van der Waals surface area contributed by atoms with Gasteiger partial charge in [-0.15, -0.1) is 0 Å². The van der Waals surface area contributed by atoms with Crippen molar-refractivity contribution in [3.63, 3.8) is 0 Å². The number of hydrogen-bond acceptors (Lipinski definition) is 6. The summed E-state index contributed by atoms with van der Waals surface area (Å²) >= 11 is 0. The lowest BCUT2D eigenvalue weighted by Crippen LogP contribution is -2.47. The lowest BCUT2D eigenvalue weighted by Gasteiger charge is -2.25. The molecule has 0 aromatic carbocycles. The van der Waals surface area contributed by atoms with Crippen LogP contribution in [0.1, 0.15) is 24.2 Å². The van der Waals surface area contributed by atoms with Crippen LogP contribution in [0.4, 0.5) is 11.5 Å². The van der Waals surface area contributed by atoms with Crippen LogP contribution in [0.5, 0.6) is 0 Å². The Bertz CT molecular complexity index is 516. The van der Waals surface area contributed by atoms with E-state index in [0.29, 0.717) is 6.61 Å². The van der Waals surface area contributed by atoms with Crippen molar-refractivity contribution in [2.45, 2.75) is 19.4 Å². The molecule has 0 fully saturated rings. The zero-order chi connectivity index (χ0) is 15.3. The zero-order valence-corrected chi connectivity index (χ0v) is 11.9. The first-order valence-electron chi connectivity index (χ1n) is 5.94. The molecule has 1 aromatic heterocycles. The van der Waals surface area contributed by atoms with Crippen molar-refractivity contribution in [1.82, 2.24) is 10.3 Å². The Morgan fingerprint density at radius 2 is 2.20 bits per heavy atom. The van der Waals surface area contributed by atoms with E-state index in [1.165, 1.54) is 13.2 Å². The summed E-state index contributed by atoms with van der Waals surface area (Å²) in [5.41, 5.74) is -0.717. The molecule has 0 spiro atoms. The van der Waals surface area contributed by atoms with E-state index in [1.54, 1.807) is 20.9 Å². The Labute approximate surface area is 116 Å². The van der Waals surface area contributed by atoms with Crippen LogP contribution in [0.2, 0.25) is 0 Å². The SMILES string of the molecule is CNc1ncc([N+](=O)[O-])cc1C(=O)NC(C)(C)COC. The van der Waals surface area contributed by atoms with Gasteiger partial charge in [0, 0.05) is 20.2 Å². The van der Waals surface area contributed by atoms with Gasteiger partial charge < -0.3 is 15.4 Å². The fourth-order valence-electron chi connectivity index (χ4n) is 1.70. The normalized spacial score (nSPS) is 11.0. The summed E-state index contributed by atoms with van der Waals surface area (Å²) in [6, 6.07) is 1.19. The number of anilines is 1. The number of nitrogens with zero attached hydrogens (tertiary/aromatic N) is 2. The average molecular weight is 282 g/mol. The van der Waals surface area contributed by atoms with E-state index in [2.05, 4.69) is 15.6 Å². The largest absolute Gasteiger partial charge is 0.382 e. The van der Waals surface area contributed by atoms with Gasteiger partial charge in [0.05, 0.1) is 22.6 Å². The molecule has 1 amide bonds. The van der Waals surface area contributed by atoms with Gasteiger partial charge in [-0.05, 0) is 13.8 Å². The zero-order valence-electron chi connectivity index (χ0n) is 11.9. The Balaban J connectivity index is 3.07. The van der Waals surface area contributed by atoms with Gasteiger partial charge in [0.15, 0.2) is 0 Å². The Morgan fingerprint density at radius 3 is 2.70 bits per heavy atom. The minimum Gasteiger partial charge on any atom is -0.382 e. The molecule has 0 bridgehead atoms. The quantitative estimate of drug-likeness (QED) is 0.599. The summed E-state index contributed by atoms with van der Waals surface area (Å²) in [6.07, 6.45) is 1.10. The minimum atomic E-state index is -0.596. The fourth-order valence-corrected chi connectivity index (χ4v) is 1.70. The number of nitrogens with one attached hydrogen (secondary N) is 2. The molecule has 1 aromatic rings. The molecule has 0 atom stereocenters. The molecule has 8 heteroatoms. The number of aromatic nitrogens is 1. The highest BCUT2D eigenvalue weighted by molar-refractivity contribution is 5.99. The molecule has 1 rings (SSSR count). The van der Waals surface area contributed by atoms with Gasteiger partial charge in [-0.3, -0.25) is 14.9 Å². The summed E-state index contributed by atoms with van der Waals surface area (Å²) in [5, 5.41) is 16.2. The number of methoxy groups -OCH3 is 1. The van der Waals surface area contributed by atoms with Crippen molar-refractivity contribution in [2.75, 3.05) is 26.1 Å². The van der Waals surface area contributed by atoms with E-state index in [1.807, 2.05) is 0 Å². The summed E-state index contributed by atoms with van der Waals surface area (Å²) < 4.78 is 5.01. The highest BCUT2D eigenvalue weighted by atomic mass is 16.6. The van der Waals surface area contributed by atoms with Gasteiger partial charge in [-0.1, -0.05) is 0 Å². The predicted molar refractivity (Wildman–Crippen MR) is 73.9 cm³/mol. The Kier molecular flexibility index (Phi) is 4.98. The maximum Gasteiger partial charge on any atom is 0.288 e. The third-order valence-corrected chi connectivity index (χ3v) is 2.52. The highest BCUT2D eigenvalue weighted by Crippen LogP contribution is 2.19. The number of amides is 1. The van der Waals surface area contributed by atoms with Crippen molar-refractivity contribution >= 4 is 17.4 Å². The third kappa shape index (κ3) is 3.89. The van der Waals surface area contributed by atoms with Crippen LogP contribution >= 0.6 is 0 Å². The summed E-state index contributed by atoms with van der Waals surface area (Å²) in [7, 11) is 3.12. The number of pyridine rings is 1. The maximum atomic E-state index is 12.2. The smallest absolute Gasteiger partial charge is 0.288 e. The topological polar surface area (TPSA) is 106 Å². The van der Waals surface area contributed by atoms with Gasteiger partial charge >= 0.3 is 0 Å². The molecular formula is C12H18N4O4. The number of nitro groups is 1. The third-order valence-electron chi connectivity index (χ3n) is 2.52. The molecule has 8 nitrogen and oxygen atoms in total. The summed E-state index contributed by atoms with van der Waals surface area (Å²) in [4.78, 5) is 26.3. The van der Waals surface area contributed by atoms with Crippen LogP contribution in [-0.4, -0.2) is 42.1 Å². The number of ether oxygens (including phenoxy) is 1. The lowest BCUT2D eigenvalue weighted by atomic mass is 10.1. The first-order chi connectivity index (χ1) is 9.30. The number of carbonyl (C=O) groups excluding carboxylic acids is 1. The average Bonchev–Trinajstić information content (AvgIpc) is 2.37.